The first-order chi connectivity index (χ1) is 8.40. The molecule has 0 aromatic carbocycles. The van der Waals surface area contributed by atoms with Gasteiger partial charge in [0, 0.05) is 20.1 Å². The summed E-state index contributed by atoms with van der Waals surface area (Å²) in [4.78, 5) is 15.7. The first-order valence-electron chi connectivity index (χ1n) is 6.81. The van der Waals surface area contributed by atoms with E-state index in [1.165, 1.54) is 0 Å². The second-order valence-corrected chi connectivity index (χ2v) is 5.60. The van der Waals surface area contributed by atoms with E-state index < -0.39 is 6.04 Å². The van der Waals surface area contributed by atoms with Crippen molar-refractivity contribution in [2.24, 2.45) is 11.7 Å². The zero-order chi connectivity index (χ0) is 13.7. The molecule has 0 aromatic rings. The maximum atomic E-state index is 11.7. The lowest BCUT2D eigenvalue weighted by Crippen LogP contribution is -2.45. The normalized spacial score (nSPS) is 21.6. The molecular formula is C13H27N3O2. The van der Waals surface area contributed by atoms with Crippen molar-refractivity contribution in [2.75, 3.05) is 33.2 Å². The van der Waals surface area contributed by atoms with Crippen LogP contribution in [0.5, 0.6) is 0 Å². The van der Waals surface area contributed by atoms with E-state index >= 15 is 0 Å². The van der Waals surface area contributed by atoms with E-state index in [4.69, 9.17) is 5.73 Å². The van der Waals surface area contributed by atoms with Crippen LogP contribution in [0.4, 0.5) is 0 Å². The molecule has 0 saturated carbocycles. The van der Waals surface area contributed by atoms with Gasteiger partial charge in [-0.2, -0.15) is 0 Å². The molecule has 3 N–H and O–H groups in total. The van der Waals surface area contributed by atoms with Crippen LogP contribution < -0.4 is 5.73 Å². The Hall–Kier alpha value is -0.650. The van der Waals surface area contributed by atoms with E-state index in [0.717, 1.165) is 39.0 Å². The summed E-state index contributed by atoms with van der Waals surface area (Å²) in [6.07, 6.45) is 1.91. The molecule has 5 heteroatoms. The Morgan fingerprint density at radius 2 is 2.00 bits per heavy atom. The van der Waals surface area contributed by atoms with E-state index in [9.17, 15) is 9.90 Å². The third-order valence-corrected chi connectivity index (χ3v) is 3.53. The Bertz CT molecular complexity index is 261. The molecule has 18 heavy (non-hydrogen) atoms. The number of carbonyl (C=O) groups excluding carboxylic acids is 1. The molecule has 1 amide bonds. The average Bonchev–Trinajstić information content (AvgIpc) is 2.29. The predicted octanol–water partition coefficient (Wildman–Crippen LogP) is -0.115. The van der Waals surface area contributed by atoms with Gasteiger partial charge < -0.3 is 20.6 Å². The number of carbonyl (C=O) groups is 1. The topological polar surface area (TPSA) is 69.8 Å². The van der Waals surface area contributed by atoms with Gasteiger partial charge in [-0.05, 0) is 45.7 Å². The molecular weight excluding hydrogens is 230 g/mol. The minimum absolute atomic E-state index is 0.0152. The fourth-order valence-corrected chi connectivity index (χ4v) is 2.55. The van der Waals surface area contributed by atoms with Crippen LogP contribution in [0.2, 0.25) is 0 Å². The van der Waals surface area contributed by atoms with Crippen molar-refractivity contribution in [3.05, 3.63) is 0 Å². The number of nitrogens with two attached hydrogens (primary N) is 1. The molecule has 1 rings (SSSR count). The summed E-state index contributed by atoms with van der Waals surface area (Å²) >= 11 is 0. The molecule has 1 heterocycles. The number of rotatable bonds is 5. The maximum absolute atomic E-state index is 11.7. The molecule has 1 fully saturated rings. The summed E-state index contributed by atoms with van der Waals surface area (Å²) in [5.41, 5.74) is 5.59. The molecule has 0 aromatic heterocycles. The zero-order valence-corrected chi connectivity index (χ0v) is 11.8. The molecule has 0 spiro atoms. The standard InChI is InChI=1S/C13H27N3O2/c1-10(17)8-16-6-4-12(5-7-16)9-15(3)13(18)11(2)14/h10-12,17H,4-9,14H2,1-3H3/t10?,11-/m0/s1. The minimum Gasteiger partial charge on any atom is -0.392 e. The molecule has 2 atom stereocenters. The fourth-order valence-electron chi connectivity index (χ4n) is 2.55. The van der Waals surface area contributed by atoms with Gasteiger partial charge in [0.25, 0.3) is 0 Å². The molecule has 0 radical (unpaired) electrons. The maximum Gasteiger partial charge on any atom is 0.238 e. The smallest absolute Gasteiger partial charge is 0.238 e. The van der Waals surface area contributed by atoms with Crippen LogP contribution in [0.3, 0.4) is 0 Å². The summed E-state index contributed by atoms with van der Waals surface area (Å²) in [6, 6.07) is -0.412. The number of aliphatic hydroxyl groups excluding tert-OH is 1. The summed E-state index contributed by atoms with van der Waals surface area (Å²) in [5.74, 6) is 0.573. The zero-order valence-electron chi connectivity index (χ0n) is 11.8. The van der Waals surface area contributed by atoms with Gasteiger partial charge in [0.15, 0.2) is 0 Å². The van der Waals surface area contributed by atoms with E-state index in [0.29, 0.717) is 5.92 Å². The Balaban J connectivity index is 2.29. The van der Waals surface area contributed by atoms with Gasteiger partial charge >= 0.3 is 0 Å². The summed E-state index contributed by atoms with van der Waals surface area (Å²) in [5, 5.41) is 9.34. The van der Waals surface area contributed by atoms with Crippen molar-refractivity contribution in [3.8, 4) is 0 Å². The van der Waals surface area contributed by atoms with Crippen LogP contribution in [0, 0.1) is 5.92 Å². The fraction of sp³-hybridized carbons (Fsp3) is 0.923. The van der Waals surface area contributed by atoms with Crippen molar-refractivity contribution in [3.63, 3.8) is 0 Å². The van der Waals surface area contributed by atoms with Gasteiger partial charge in [0.05, 0.1) is 12.1 Å². The molecule has 1 aliphatic heterocycles. The van der Waals surface area contributed by atoms with Crippen LogP contribution in [0.15, 0.2) is 0 Å². The lowest BCUT2D eigenvalue weighted by molar-refractivity contribution is -0.131. The molecule has 1 saturated heterocycles. The van der Waals surface area contributed by atoms with Crippen molar-refractivity contribution < 1.29 is 9.90 Å². The van der Waals surface area contributed by atoms with E-state index in [2.05, 4.69) is 4.90 Å². The SMILES string of the molecule is CC(O)CN1CCC(CN(C)C(=O)[C@H](C)N)CC1. The second-order valence-electron chi connectivity index (χ2n) is 5.60. The Labute approximate surface area is 110 Å². The van der Waals surface area contributed by atoms with E-state index in [-0.39, 0.29) is 12.0 Å². The minimum atomic E-state index is -0.412. The highest BCUT2D eigenvalue weighted by Crippen LogP contribution is 2.18. The van der Waals surface area contributed by atoms with Gasteiger partial charge in [-0.15, -0.1) is 0 Å². The predicted molar refractivity (Wildman–Crippen MR) is 72.1 cm³/mol. The van der Waals surface area contributed by atoms with Crippen LogP contribution in [-0.2, 0) is 4.79 Å². The largest absolute Gasteiger partial charge is 0.392 e. The lowest BCUT2D eigenvalue weighted by atomic mass is 9.96. The first kappa shape index (κ1) is 15.4. The number of β-amino-alcohol motifs (C(OH)–C–C–N with tert-alkyl or cyclic N) is 1. The lowest BCUT2D eigenvalue weighted by Gasteiger charge is -2.34. The van der Waals surface area contributed by atoms with Gasteiger partial charge in [0.1, 0.15) is 0 Å². The third kappa shape index (κ3) is 4.92. The van der Waals surface area contributed by atoms with Gasteiger partial charge in [0.2, 0.25) is 5.91 Å². The van der Waals surface area contributed by atoms with Crippen molar-refractivity contribution in [1.29, 1.82) is 0 Å². The van der Waals surface area contributed by atoms with Gasteiger partial charge in [-0.3, -0.25) is 4.79 Å². The van der Waals surface area contributed by atoms with Crippen LogP contribution in [0.1, 0.15) is 26.7 Å². The summed E-state index contributed by atoms with van der Waals surface area (Å²) in [6.45, 7) is 7.11. The molecule has 1 unspecified atom stereocenters. The van der Waals surface area contributed by atoms with Crippen molar-refractivity contribution in [2.45, 2.75) is 38.8 Å². The van der Waals surface area contributed by atoms with E-state index in [1.807, 2.05) is 14.0 Å². The first-order valence-corrected chi connectivity index (χ1v) is 6.81. The van der Waals surface area contributed by atoms with Crippen LogP contribution >= 0.6 is 0 Å². The highest BCUT2D eigenvalue weighted by Gasteiger charge is 2.23. The Kier molecular flexibility index (Phi) is 6.05. The third-order valence-electron chi connectivity index (χ3n) is 3.53. The van der Waals surface area contributed by atoms with Crippen molar-refractivity contribution >= 4 is 5.91 Å². The number of nitrogens with zero attached hydrogens (tertiary/aromatic N) is 2. The number of hydrogen-bond donors (Lipinski definition) is 2. The highest BCUT2D eigenvalue weighted by atomic mass is 16.3. The summed E-state index contributed by atoms with van der Waals surface area (Å²) in [7, 11) is 1.83. The molecule has 0 bridgehead atoms. The second kappa shape index (κ2) is 7.07. The highest BCUT2D eigenvalue weighted by molar-refractivity contribution is 5.80. The number of piperidine rings is 1. The Morgan fingerprint density at radius 1 is 1.44 bits per heavy atom. The number of amides is 1. The van der Waals surface area contributed by atoms with Gasteiger partial charge in [-0.25, -0.2) is 0 Å². The number of likely N-dealkylation sites (N-methyl/N-ethyl adjacent to an activating group) is 1. The quantitative estimate of drug-likeness (QED) is 0.721. The monoisotopic (exact) mass is 257 g/mol. The Morgan fingerprint density at radius 3 is 2.44 bits per heavy atom. The number of hydrogen-bond acceptors (Lipinski definition) is 4. The van der Waals surface area contributed by atoms with Crippen LogP contribution in [-0.4, -0.2) is 66.2 Å². The molecule has 1 aliphatic rings. The molecule has 106 valence electrons. The van der Waals surface area contributed by atoms with Crippen molar-refractivity contribution in [1.82, 2.24) is 9.80 Å². The molecule has 0 aliphatic carbocycles. The number of aliphatic hydroxyl groups is 1. The van der Waals surface area contributed by atoms with Crippen LogP contribution in [0.25, 0.3) is 0 Å². The molecule has 5 nitrogen and oxygen atoms in total. The van der Waals surface area contributed by atoms with Gasteiger partial charge in [-0.1, -0.05) is 0 Å². The number of likely N-dealkylation sites (tertiary alicyclic amines) is 1. The van der Waals surface area contributed by atoms with E-state index in [1.54, 1.807) is 11.8 Å². The summed E-state index contributed by atoms with van der Waals surface area (Å²) < 4.78 is 0. The average molecular weight is 257 g/mol.